The Kier molecular flexibility index (Phi) is 4.05. The molecule has 18 heavy (non-hydrogen) atoms. The van der Waals surface area contributed by atoms with Crippen molar-refractivity contribution < 1.29 is 8.78 Å². The number of rotatable bonds is 4. The van der Waals surface area contributed by atoms with Gasteiger partial charge in [-0.05, 0) is 43.1 Å². The van der Waals surface area contributed by atoms with Gasteiger partial charge in [0.2, 0.25) is 0 Å². The van der Waals surface area contributed by atoms with Crippen LogP contribution in [0, 0.1) is 11.6 Å². The number of aryl methyl sites for hydroxylation is 1. The lowest BCUT2D eigenvalue weighted by molar-refractivity contribution is 0.615. The molecule has 0 radical (unpaired) electrons. The number of halogens is 2. The van der Waals surface area contributed by atoms with E-state index in [2.05, 4.69) is 0 Å². The van der Waals surface area contributed by atoms with Crippen LogP contribution in [-0.2, 0) is 6.42 Å². The number of hydrogen-bond donors (Lipinski definition) is 1. The number of hydrogen-bond acceptors (Lipinski definition) is 1. The van der Waals surface area contributed by atoms with Crippen LogP contribution in [0.2, 0.25) is 0 Å². The van der Waals surface area contributed by atoms with Crippen molar-refractivity contribution in [3.63, 3.8) is 0 Å². The van der Waals surface area contributed by atoms with Crippen LogP contribution in [0.1, 0.15) is 12.0 Å². The van der Waals surface area contributed by atoms with Crippen molar-refractivity contribution in [2.45, 2.75) is 12.8 Å². The molecule has 0 saturated heterocycles. The molecule has 2 rings (SSSR count). The van der Waals surface area contributed by atoms with E-state index < -0.39 is 11.6 Å². The van der Waals surface area contributed by atoms with Gasteiger partial charge < -0.3 is 5.73 Å². The molecule has 3 heteroatoms. The molecule has 0 saturated carbocycles. The number of nitrogens with two attached hydrogens (primary N) is 1. The second kappa shape index (κ2) is 5.74. The first-order chi connectivity index (χ1) is 8.72. The molecule has 0 atom stereocenters. The van der Waals surface area contributed by atoms with Gasteiger partial charge in [-0.2, -0.15) is 0 Å². The molecule has 0 bridgehead atoms. The molecule has 0 aliphatic rings. The van der Waals surface area contributed by atoms with Gasteiger partial charge in [0, 0.05) is 11.1 Å². The second-order valence-electron chi connectivity index (χ2n) is 4.19. The molecule has 0 aromatic heterocycles. The Balaban J connectivity index is 2.40. The first-order valence-electron chi connectivity index (χ1n) is 5.96. The Labute approximate surface area is 105 Å². The highest BCUT2D eigenvalue weighted by Gasteiger charge is 2.10. The lowest BCUT2D eigenvalue weighted by Gasteiger charge is -2.08. The fourth-order valence-electron chi connectivity index (χ4n) is 1.92. The van der Waals surface area contributed by atoms with Crippen molar-refractivity contribution in [2.24, 2.45) is 5.73 Å². The molecule has 0 unspecified atom stereocenters. The second-order valence-corrected chi connectivity index (χ2v) is 4.19. The summed E-state index contributed by atoms with van der Waals surface area (Å²) in [5.74, 6) is -0.816. The Morgan fingerprint density at radius 1 is 0.889 bits per heavy atom. The summed E-state index contributed by atoms with van der Waals surface area (Å²) in [5, 5.41) is 0. The maximum Gasteiger partial charge on any atom is 0.131 e. The maximum absolute atomic E-state index is 13.8. The molecule has 0 spiro atoms. The fraction of sp³-hybridized carbons (Fsp3) is 0.200. The van der Waals surface area contributed by atoms with E-state index in [0.29, 0.717) is 17.7 Å². The van der Waals surface area contributed by atoms with Crippen LogP contribution < -0.4 is 5.73 Å². The summed E-state index contributed by atoms with van der Waals surface area (Å²) in [5.41, 5.74) is 7.02. The predicted molar refractivity (Wildman–Crippen MR) is 69.2 cm³/mol. The molecule has 2 N–H and O–H groups in total. The van der Waals surface area contributed by atoms with Crippen LogP contribution in [0.25, 0.3) is 11.1 Å². The molecule has 0 aliphatic heterocycles. The normalized spacial score (nSPS) is 10.6. The summed E-state index contributed by atoms with van der Waals surface area (Å²) in [6, 6.07) is 11.0. The van der Waals surface area contributed by atoms with Gasteiger partial charge in [0.15, 0.2) is 0 Å². The lowest BCUT2D eigenvalue weighted by atomic mass is 10.00. The van der Waals surface area contributed by atoms with E-state index in [0.717, 1.165) is 18.4 Å². The molecular formula is C15H15F2N. The van der Waals surface area contributed by atoms with E-state index in [9.17, 15) is 8.78 Å². The molecule has 2 aromatic rings. The minimum Gasteiger partial charge on any atom is -0.330 e. The van der Waals surface area contributed by atoms with Crippen LogP contribution in [0.3, 0.4) is 0 Å². The van der Waals surface area contributed by atoms with Gasteiger partial charge in [-0.1, -0.05) is 24.3 Å². The summed E-state index contributed by atoms with van der Waals surface area (Å²) in [4.78, 5) is 0. The highest BCUT2D eigenvalue weighted by atomic mass is 19.1. The quantitative estimate of drug-likeness (QED) is 0.878. The monoisotopic (exact) mass is 247 g/mol. The third kappa shape index (κ3) is 2.74. The first-order valence-corrected chi connectivity index (χ1v) is 5.96. The molecule has 0 fully saturated rings. The SMILES string of the molecule is NCCCc1ccc(F)c(-c2ccccc2F)c1. The van der Waals surface area contributed by atoms with Gasteiger partial charge in [-0.3, -0.25) is 0 Å². The minimum absolute atomic E-state index is 0.296. The lowest BCUT2D eigenvalue weighted by Crippen LogP contribution is -2.00. The highest BCUT2D eigenvalue weighted by molar-refractivity contribution is 5.65. The van der Waals surface area contributed by atoms with Crippen molar-refractivity contribution in [2.75, 3.05) is 6.54 Å². The third-order valence-electron chi connectivity index (χ3n) is 2.86. The predicted octanol–water partition coefficient (Wildman–Crippen LogP) is 3.52. The fourth-order valence-corrected chi connectivity index (χ4v) is 1.92. The molecular weight excluding hydrogens is 232 g/mol. The van der Waals surface area contributed by atoms with Crippen LogP contribution in [0.15, 0.2) is 42.5 Å². The van der Waals surface area contributed by atoms with Crippen molar-refractivity contribution in [1.29, 1.82) is 0 Å². The smallest absolute Gasteiger partial charge is 0.131 e. The third-order valence-corrected chi connectivity index (χ3v) is 2.86. The van der Waals surface area contributed by atoms with Crippen molar-refractivity contribution in [1.82, 2.24) is 0 Å². The Bertz CT molecular complexity index is 538. The molecule has 2 aromatic carbocycles. The van der Waals surface area contributed by atoms with E-state index in [-0.39, 0.29) is 0 Å². The molecule has 0 heterocycles. The molecule has 94 valence electrons. The summed E-state index contributed by atoms with van der Waals surface area (Å²) in [7, 11) is 0. The van der Waals surface area contributed by atoms with Crippen molar-refractivity contribution >= 4 is 0 Å². The summed E-state index contributed by atoms with van der Waals surface area (Å²) in [6.07, 6.45) is 1.61. The molecule has 1 nitrogen and oxygen atoms in total. The van der Waals surface area contributed by atoms with Crippen LogP contribution in [0.4, 0.5) is 8.78 Å². The van der Waals surface area contributed by atoms with Gasteiger partial charge in [0.25, 0.3) is 0 Å². The zero-order valence-corrected chi connectivity index (χ0v) is 10.00. The van der Waals surface area contributed by atoms with Crippen LogP contribution in [-0.4, -0.2) is 6.54 Å². The molecule has 0 amide bonds. The van der Waals surface area contributed by atoms with Crippen LogP contribution >= 0.6 is 0 Å². The highest BCUT2D eigenvalue weighted by Crippen LogP contribution is 2.26. The first kappa shape index (κ1) is 12.7. The van der Waals surface area contributed by atoms with E-state index in [1.54, 1.807) is 30.3 Å². The average Bonchev–Trinajstić information content (AvgIpc) is 2.39. The maximum atomic E-state index is 13.8. The van der Waals surface area contributed by atoms with Crippen LogP contribution in [0.5, 0.6) is 0 Å². The minimum atomic E-state index is -0.410. The largest absolute Gasteiger partial charge is 0.330 e. The van der Waals surface area contributed by atoms with E-state index in [1.807, 2.05) is 0 Å². The number of benzene rings is 2. The summed E-state index contributed by atoms with van der Waals surface area (Å²) in [6.45, 7) is 0.590. The van der Waals surface area contributed by atoms with E-state index in [4.69, 9.17) is 5.73 Å². The summed E-state index contributed by atoms with van der Waals surface area (Å²) < 4.78 is 27.4. The van der Waals surface area contributed by atoms with E-state index in [1.165, 1.54) is 12.1 Å². The Morgan fingerprint density at radius 3 is 2.33 bits per heavy atom. The van der Waals surface area contributed by atoms with Gasteiger partial charge in [0.1, 0.15) is 11.6 Å². The Morgan fingerprint density at radius 2 is 1.61 bits per heavy atom. The van der Waals surface area contributed by atoms with Gasteiger partial charge in [0.05, 0.1) is 0 Å². The zero-order chi connectivity index (χ0) is 13.0. The average molecular weight is 247 g/mol. The zero-order valence-electron chi connectivity index (χ0n) is 10.00. The summed E-state index contributed by atoms with van der Waals surface area (Å²) >= 11 is 0. The Hall–Kier alpha value is -1.74. The van der Waals surface area contributed by atoms with Crippen molar-refractivity contribution in [3.8, 4) is 11.1 Å². The topological polar surface area (TPSA) is 26.0 Å². The van der Waals surface area contributed by atoms with Gasteiger partial charge in [-0.25, -0.2) is 8.78 Å². The van der Waals surface area contributed by atoms with Gasteiger partial charge >= 0.3 is 0 Å². The molecule has 0 aliphatic carbocycles. The van der Waals surface area contributed by atoms with Gasteiger partial charge in [-0.15, -0.1) is 0 Å². The van der Waals surface area contributed by atoms with E-state index >= 15 is 0 Å². The standard InChI is InChI=1S/C15H15F2N/c16-14-6-2-1-5-12(14)13-10-11(4-3-9-18)7-8-15(13)17/h1-2,5-8,10H,3-4,9,18H2. The van der Waals surface area contributed by atoms with Crippen molar-refractivity contribution in [3.05, 3.63) is 59.7 Å².